The van der Waals surface area contributed by atoms with Gasteiger partial charge in [-0.2, -0.15) is 0 Å². The zero-order valence-electron chi connectivity index (χ0n) is 13.1. The van der Waals surface area contributed by atoms with Crippen LogP contribution in [0.3, 0.4) is 0 Å². The van der Waals surface area contributed by atoms with Crippen molar-refractivity contribution in [1.29, 1.82) is 0 Å². The molecule has 2 N–H and O–H groups in total. The van der Waals surface area contributed by atoms with Gasteiger partial charge in [-0.05, 0) is 50.2 Å². The molecule has 1 aliphatic carbocycles. The van der Waals surface area contributed by atoms with Crippen molar-refractivity contribution in [3.63, 3.8) is 0 Å². The molecule has 0 radical (unpaired) electrons. The second-order valence-corrected chi connectivity index (χ2v) is 6.66. The largest absolute Gasteiger partial charge is 0.493 e. The number of piperidine rings is 1. The third kappa shape index (κ3) is 3.80. The smallest absolute Gasteiger partial charge is 0.225 e. The fraction of sp³-hybridized carbons (Fsp3) is 0.611. The molecule has 1 aliphatic heterocycles. The Morgan fingerprint density at radius 1 is 1.14 bits per heavy atom. The number of carbonyl (C=O) groups is 1. The van der Waals surface area contributed by atoms with E-state index in [0.717, 1.165) is 57.6 Å². The molecular weight excluding hydrogens is 276 g/mol. The molecule has 22 heavy (non-hydrogen) atoms. The maximum Gasteiger partial charge on any atom is 0.225 e. The predicted molar refractivity (Wildman–Crippen MR) is 86.6 cm³/mol. The lowest BCUT2D eigenvalue weighted by atomic mass is 9.96. The van der Waals surface area contributed by atoms with Crippen molar-refractivity contribution < 1.29 is 9.53 Å². The SMILES string of the molecule is NC1CCC(C(=O)N2CCC(COc3ccccc3)CC2)C1. The summed E-state index contributed by atoms with van der Waals surface area (Å²) in [7, 11) is 0. The Kier molecular flexibility index (Phi) is 4.98. The number of likely N-dealkylation sites (tertiary alicyclic amines) is 1. The monoisotopic (exact) mass is 302 g/mol. The summed E-state index contributed by atoms with van der Waals surface area (Å²) < 4.78 is 5.84. The first-order valence-electron chi connectivity index (χ1n) is 8.44. The summed E-state index contributed by atoms with van der Waals surface area (Å²) in [6.45, 7) is 2.49. The van der Waals surface area contributed by atoms with Crippen molar-refractivity contribution in [1.82, 2.24) is 4.90 Å². The molecule has 0 aromatic heterocycles. The van der Waals surface area contributed by atoms with Crippen LogP contribution in [0, 0.1) is 11.8 Å². The van der Waals surface area contributed by atoms with Crippen molar-refractivity contribution >= 4 is 5.91 Å². The molecule has 1 heterocycles. The van der Waals surface area contributed by atoms with Crippen LogP contribution >= 0.6 is 0 Å². The molecule has 0 spiro atoms. The van der Waals surface area contributed by atoms with Gasteiger partial charge in [0.1, 0.15) is 5.75 Å². The van der Waals surface area contributed by atoms with Gasteiger partial charge in [0.15, 0.2) is 0 Å². The molecule has 1 aromatic rings. The minimum Gasteiger partial charge on any atom is -0.493 e. The van der Waals surface area contributed by atoms with Crippen LogP contribution in [-0.2, 0) is 4.79 Å². The van der Waals surface area contributed by atoms with Gasteiger partial charge in [-0.1, -0.05) is 18.2 Å². The fourth-order valence-electron chi connectivity index (χ4n) is 3.55. The minimum atomic E-state index is 0.173. The van der Waals surface area contributed by atoms with Crippen LogP contribution in [0.15, 0.2) is 30.3 Å². The first kappa shape index (κ1) is 15.3. The van der Waals surface area contributed by atoms with E-state index in [0.29, 0.717) is 11.8 Å². The highest BCUT2D eigenvalue weighted by Crippen LogP contribution is 2.28. The Labute approximate surface area is 132 Å². The van der Waals surface area contributed by atoms with Gasteiger partial charge in [0.2, 0.25) is 5.91 Å². The standard InChI is InChI=1S/C18H26N2O2/c19-16-7-6-15(12-16)18(21)20-10-8-14(9-11-20)13-22-17-4-2-1-3-5-17/h1-5,14-16H,6-13,19H2. The molecule has 2 unspecified atom stereocenters. The average molecular weight is 302 g/mol. The quantitative estimate of drug-likeness (QED) is 0.929. The Balaban J connectivity index is 1.41. The molecule has 1 saturated heterocycles. The van der Waals surface area contributed by atoms with E-state index in [-0.39, 0.29) is 12.0 Å². The molecule has 3 rings (SSSR count). The van der Waals surface area contributed by atoms with E-state index in [1.54, 1.807) is 0 Å². The number of hydrogen-bond donors (Lipinski definition) is 1. The number of ether oxygens (including phenoxy) is 1. The van der Waals surface area contributed by atoms with Gasteiger partial charge in [-0.15, -0.1) is 0 Å². The van der Waals surface area contributed by atoms with Crippen LogP contribution in [0.1, 0.15) is 32.1 Å². The van der Waals surface area contributed by atoms with E-state index < -0.39 is 0 Å². The highest BCUT2D eigenvalue weighted by atomic mass is 16.5. The van der Waals surface area contributed by atoms with Gasteiger partial charge < -0.3 is 15.4 Å². The summed E-state index contributed by atoms with van der Waals surface area (Å²) in [5.74, 6) is 1.98. The molecule has 2 aliphatic rings. The summed E-state index contributed by atoms with van der Waals surface area (Å²) in [6, 6.07) is 10.2. The van der Waals surface area contributed by atoms with Crippen molar-refractivity contribution in [3.8, 4) is 5.75 Å². The van der Waals surface area contributed by atoms with Crippen LogP contribution in [0.2, 0.25) is 0 Å². The Bertz CT molecular complexity index is 483. The third-order valence-electron chi connectivity index (χ3n) is 4.98. The number of nitrogens with zero attached hydrogens (tertiary/aromatic N) is 1. The number of hydrogen-bond acceptors (Lipinski definition) is 3. The first-order chi connectivity index (χ1) is 10.7. The van der Waals surface area contributed by atoms with Crippen LogP contribution in [-0.4, -0.2) is 36.5 Å². The highest BCUT2D eigenvalue weighted by Gasteiger charge is 2.32. The predicted octanol–water partition coefficient (Wildman–Crippen LogP) is 2.43. The highest BCUT2D eigenvalue weighted by molar-refractivity contribution is 5.79. The van der Waals surface area contributed by atoms with Crippen LogP contribution in [0.25, 0.3) is 0 Å². The summed E-state index contributed by atoms with van der Waals surface area (Å²) in [5.41, 5.74) is 5.92. The zero-order valence-corrected chi connectivity index (χ0v) is 13.1. The van der Waals surface area contributed by atoms with Crippen LogP contribution in [0.4, 0.5) is 0 Å². The maximum atomic E-state index is 12.5. The van der Waals surface area contributed by atoms with Crippen molar-refractivity contribution in [2.24, 2.45) is 17.6 Å². The molecule has 1 aromatic carbocycles. The molecule has 120 valence electrons. The maximum absolute atomic E-state index is 12.5. The Morgan fingerprint density at radius 3 is 2.50 bits per heavy atom. The number of carbonyl (C=O) groups excluding carboxylic acids is 1. The number of amides is 1. The van der Waals surface area contributed by atoms with Gasteiger partial charge in [0, 0.05) is 25.0 Å². The lowest BCUT2D eigenvalue weighted by Crippen LogP contribution is -2.42. The first-order valence-corrected chi connectivity index (χ1v) is 8.44. The third-order valence-corrected chi connectivity index (χ3v) is 4.98. The van der Waals surface area contributed by atoms with E-state index in [1.165, 1.54) is 0 Å². The van der Waals surface area contributed by atoms with E-state index in [4.69, 9.17) is 10.5 Å². The molecular formula is C18H26N2O2. The molecule has 1 saturated carbocycles. The Morgan fingerprint density at radius 2 is 1.86 bits per heavy atom. The summed E-state index contributed by atoms with van der Waals surface area (Å²) in [6.07, 6.45) is 4.92. The number of para-hydroxylation sites is 1. The molecule has 2 fully saturated rings. The van der Waals surface area contributed by atoms with Gasteiger partial charge >= 0.3 is 0 Å². The summed E-state index contributed by atoms with van der Waals surface area (Å²) in [4.78, 5) is 14.5. The van der Waals surface area contributed by atoms with Gasteiger partial charge in [0.05, 0.1) is 6.61 Å². The van der Waals surface area contributed by atoms with E-state index in [2.05, 4.69) is 0 Å². The minimum absolute atomic E-state index is 0.173. The summed E-state index contributed by atoms with van der Waals surface area (Å²) >= 11 is 0. The van der Waals surface area contributed by atoms with E-state index >= 15 is 0 Å². The number of rotatable bonds is 4. The van der Waals surface area contributed by atoms with Gasteiger partial charge in [0.25, 0.3) is 0 Å². The second-order valence-electron chi connectivity index (χ2n) is 6.66. The normalized spacial score (nSPS) is 26.1. The van der Waals surface area contributed by atoms with Gasteiger partial charge in [-0.25, -0.2) is 0 Å². The van der Waals surface area contributed by atoms with E-state index in [1.807, 2.05) is 35.2 Å². The zero-order chi connectivity index (χ0) is 15.4. The molecule has 2 atom stereocenters. The topological polar surface area (TPSA) is 55.6 Å². The van der Waals surface area contributed by atoms with Crippen molar-refractivity contribution in [2.45, 2.75) is 38.1 Å². The lowest BCUT2D eigenvalue weighted by molar-refractivity contribution is -0.136. The van der Waals surface area contributed by atoms with Crippen LogP contribution < -0.4 is 10.5 Å². The Hall–Kier alpha value is -1.55. The van der Waals surface area contributed by atoms with Gasteiger partial charge in [-0.3, -0.25) is 4.79 Å². The molecule has 4 nitrogen and oxygen atoms in total. The van der Waals surface area contributed by atoms with Crippen molar-refractivity contribution in [2.75, 3.05) is 19.7 Å². The van der Waals surface area contributed by atoms with E-state index in [9.17, 15) is 4.79 Å². The van der Waals surface area contributed by atoms with Crippen molar-refractivity contribution in [3.05, 3.63) is 30.3 Å². The summed E-state index contributed by atoms with van der Waals surface area (Å²) in [5, 5.41) is 0. The second kappa shape index (κ2) is 7.14. The average Bonchev–Trinajstić information content (AvgIpc) is 3.00. The van der Waals surface area contributed by atoms with Crippen LogP contribution in [0.5, 0.6) is 5.75 Å². The molecule has 4 heteroatoms. The molecule has 1 amide bonds. The molecule has 0 bridgehead atoms. The number of nitrogens with two attached hydrogens (primary N) is 1. The fourth-order valence-corrected chi connectivity index (χ4v) is 3.55. The number of benzene rings is 1. The lowest BCUT2D eigenvalue weighted by Gasteiger charge is -2.33.